The molecule has 98 valence electrons. The number of benzene rings is 1. The van der Waals surface area contributed by atoms with Gasteiger partial charge in [0, 0.05) is 0 Å². The van der Waals surface area contributed by atoms with Crippen LogP contribution in [0.2, 0.25) is 0 Å². The molecule has 1 rings (SSSR count). The topological polar surface area (TPSA) is 83.8 Å². The van der Waals surface area contributed by atoms with Gasteiger partial charge in [-0.15, -0.1) is 0 Å². The van der Waals surface area contributed by atoms with Gasteiger partial charge in [0.15, 0.2) is 0 Å². The Labute approximate surface area is 105 Å². The van der Waals surface area contributed by atoms with Crippen LogP contribution in [-0.4, -0.2) is 29.3 Å². The highest BCUT2D eigenvalue weighted by molar-refractivity contribution is 5.79. The van der Waals surface area contributed by atoms with Crippen LogP contribution in [0.3, 0.4) is 0 Å². The lowest BCUT2D eigenvalue weighted by Crippen LogP contribution is -2.29. The van der Waals surface area contributed by atoms with Gasteiger partial charge >= 0.3 is 11.9 Å². The molecule has 1 aromatic carbocycles. The van der Waals surface area contributed by atoms with Gasteiger partial charge in [-0.05, 0) is 24.1 Å². The number of hydrogen-bond acceptors (Lipinski definition) is 3. The zero-order valence-electron chi connectivity index (χ0n) is 10.3. The lowest BCUT2D eigenvalue weighted by atomic mass is 9.88. The smallest absolute Gasteiger partial charge is 0.307 e. The lowest BCUT2D eigenvalue weighted by Gasteiger charge is -2.16. The van der Waals surface area contributed by atoms with Crippen LogP contribution in [-0.2, 0) is 16.0 Å². The van der Waals surface area contributed by atoms with E-state index in [4.69, 9.17) is 14.9 Å². The van der Waals surface area contributed by atoms with Gasteiger partial charge in [-0.1, -0.05) is 19.1 Å². The summed E-state index contributed by atoms with van der Waals surface area (Å²) in [6.45, 7) is 1.41. The van der Waals surface area contributed by atoms with E-state index >= 15 is 0 Å². The molecule has 0 aliphatic heterocycles. The maximum Gasteiger partial charge on any atom is 0.307 e. The zero-order valence-corrected chi connectivity index (χ0v) is 10.3. The Hall–Kier alpha value is -2.04. The van der Waals surface area contributed by atoms with Crippen molar-refractivity contribution >= 4 is 11.9 Å². The van der Waals surface area contributed by atoms with Gasteiger partial charge in [0.25, 0.3) is 0 Å². The van der Waals surface area contributed by atoms with Crippen molar-refractivity contribution in [3.63, 3.8) is 0 Å². The molecule has 5 heteroatoms. The van der Waals surface area contributed by atoms with Crippen molar-refractivity contribution in [3.8, 4) is 5.75 Å². The molecule has 0 saturated heterocycles. The van der Waals surface area contributed by atoms with E-state index in [1.54, 1.807) is 31.4 Å². The van der Waals surface area contributed by atoms with Crippen molar-refractivity contribution in [2.75, 3.05) is 7.11 Å². The summed E-state index contributed by atoms with van der Waals surface area (Å²) in [6.07, 6.45) is 0.187. The minimum absolute atomic E-state index is 0.187. The molecule has 5 nitrogen and oxygen atoms in total. The second-order valence-electron chi connectivity index (χ2n) is 4.12. The van der Waals surface area contributed by atoms with Crippen LogP contribution in [0.4, 0.5) is 0 Å². The summed E-state index contributed by atoms with van der Waals surface area (Å²) in [5, 5.41) is 17.9. The van der Waals surface area contributed by atoms with Crippen LogP contribution in [0.1, 0.15) is 12.5 Å². The SMILES string of the molecule is COc1ccc(C[C@H](C(=O)O)[C@@H](C)C(=O)O)cc1. The van der Waals surface area contributed by atoms with Gasteiger partial charge in [-0.25, -0.2) is 0 Å². The first-order valence-electron chi connectivity index (χ1n) is 5.54. The van der Waals surface area contributed by atoms with Crippen molar-refractivity contribution in [2.24, 2.45) is 11.8 Å². The van der Waals surface area contributed by atoms with Gasteiger partial charge in [-0.3, -0.25) is 9.59 Å². The zero-order chi connectivity index (χ0) is 13.7. The summed E-state index contributed by atoms with van der Waals surface area (Å²) in [5.74, 6) is -3.38. The Morgan fingerprint density at radius 3 is 2.11 bits per heavy atom. The molecule has 2 N–H and O–H groups in total. The third kappa shape index (κ3) is 3.48. The Morgan fingerprint density at radius 1 is 1.17 bits per heavy atom. The van der Waals surface area contributed by atoms with Crippen LogP contribution >= 0.6 is 0 Å². The predicted octanol–water partition coefficient (Wildman–Crippen LogP) is 1.66. The molecular formula is C13H16O5. The van der Waals surface area contributed by atoms with E-state index in [1.807, 2.05) is 0 Å². The molecule has 0 fully saturated rings. The van der Waals surface area contributed by atoms with Gasteiger partial charge in [0.05, 0.1) is 18.9 Å². The van der Waals surface area contributed by atoms with Crippen molar-refractivity contribution < 1.29 is 24.5 Å². The van der Waals surface area contributed by atoms with Crippen molar-refractivity contribution in [2.45, 2.75) is 13.3 Å². The molecule has 0 aliphatic carbocycles. The largest absolute Gasteiger partial charge is 0.497 e. The summed E-state index contributed by atoms with van der Waals surface area (Å²) in [7, 11) is 1.54. The average Bonchev–Trinajstić information content (AvgIpc) is 2.35. The van der Waals surface area contributed by atoms with E-state index < -0.39 is 23.8 Å². The van der Waals surface area contributed by atoms with Gasteiger partial charge in [-0.2, -0.15) is 0 Å². The number of rotatable bonds is 6. The maximum absolute atomic E-state index is 11.1. The average molecular weight is 252 g/mol. The normalized spacial score (nSPS) is 13.7. The number of aliphatic carboxylic acids is 2. The fourth-order valence-electron chi connectivity index (χ4n) is 1.67. The molecule has 1 aromatic rings. The second kappa shape index (κ2) is 6.05. The number of carboxylic acid groups (broad SMARTS) is 2. The Bertz CT molecular complexity index is 424. The lowest BCUT2D eigenvalue weighted by molar-refractivity contribution is -0.152. The predicted molar refractivity (Wildman–Crippen MR) is 64.6 cm³/mol. The fraction of sp³-hybridized carbons (Fsp3) is 0.385. The number of ether oxygens (including phenoxy) is 1. The number of methoxy groups -OCH3 is 1. The van der Waals surface area contributed by atoms with Crippen LogP contribution in [0, 0.1) is 11.8 Å². The summed E-state index contributed by atoms with van der Waals surface area (Å²) >= 11 is 0. The molecule has 0 radical (unpaired) electrons. The molecule has 0 saturated carbocycles. The molecule has 0 aromatic heterocycles. The minimum atomic E-state index is -1.10. The third-order valence-electron chi connectivity index (χ3n) is 2.92. The Balaban J connectivity index is 2.83. The van der Waals surface area contributed by atoms with E-state index in [9.17, 15) is 9.59 Å². The molecule has 18 heavy (non-hydrogen) atoms. The minimum Gasteiger partial charge on any atom is -0.497 e. The molecule has 0 bridgehead atoms. The molecule has 2 atom stereocenters. The maximum atomic E-state index is 11.1. The molecule has 0 aliphatic rings. The van der Waals surface area contributed by atoms with Crippen molar-refractivity contribution in [1.82, 2.24) is 0 Å². The van der Waals surface area contributed by atoms with Crippen molar-refractivity contribution in [3.05, 3.63) is 29.8 Å². The number of hydrogen-bond donors (Lipinski definition) is 2. The molecule has 0 amide bonds. The second-order valence-corrected chi connectivity index (χ2v) is 4.12. The first kappa shape index (κ1) is 14.0. The van der Waals surface area contributed by atoms with Crippen LogP contribution in [0.25, 0.3) is 0 Å². The standard InChI is InChI=1S/C13H16O5/c1-8(12(14)15)11(13(16)17)7-9-3-5-10(18-2)6-4-9/h3-6,8,11H,7H2,1-2H3,(H,14,15)(H,16,17)/t8-,11+/m1/s1. The highest BCUT2D eigenvalue weighted by Gasteiger charge is 2.29. The van der Waals surface area contributed by atoms with E-state index in [0.29, 0.717) is 5.75 Å². The Kier molecular flexibility index (Phi) is 4.71. The summed E-state index contributed by atoms with van der Waals surface area (Å²) in [6, 6.07) is 6.92. The summed E-state index contributed by atoms with van der Waals surface area (Å²) < 4.78 is 5.00. The van der Waals surface area contributed by atoms with E-state index in [-0.39, 0.29) is 6.42 Å². The van der Waals surface area contributed by atoms with E-state index in [1.165, 1.54) is 6.92 Å². The molecule has 0 unspecified atom stereocenters. The van der Waals surface area contributed by atoms with E-state index in [2.05, 4.69) is 0 Å². The van der Waals surface area contributed by atoms with Crippen LogP contribution in [0.5, 0.6) is 5.75 Å². The number of carboxylic acids is 2. The molecular weight excluding hydrogens is 236 g/mol. The van der Waals surface area contributed by atoms with Gasteiger partial charge in [0.2, 0.25) is 0 Å². The first-order valence-corrected chi connectivity index (χ1v) is 5.54. The monoisotopic (exact) mass is 252 g/mol. The van der Waals surface area contributed by atoms with E-state index in [0.717, 1.165) is 5.56 Å². The Morgan fingerprint density at radius 2 is 1.72 bits per heavy atom. The molecule has 0 heterocycles. The quantitative estimate of drug-likeness (QED) is 0.804. The van der Waals surface area contributed by atoms with Crippen LogP contribution in [0.15, 0.2) is 24.3 Å². The summed E-state index contributed by atoms with van der Waals surface area (Å²) in [4.78, 5) is 21.9. The van der Waals surface area contributed by atoms with Crippen LogP contribution < -0.4 is 4.74 Å². The summed E-state index contributed by atoms with van der Waals surface area (Å²) in [5.41, 5.74) is 0.774. The molecule has 0 spiro atoms. The van der Waals surface area contributed by atoms with Gasteiger partial charge < -0.3 is 14.9 Å². The first-order chi connectivity index (χ1) is 8.45. The highest BCUT2D eigenvalue weighted by Crippen LogP contribution is 2.20. The number of carbonyl (C=O) groups is 2. The van der Waals surface area contributed by atoms with Crippen molar-refractivity contribution in [1.29, 1.82) is 0 Å². The van der Waals surface area contributed by atoms with Gasteiger partial charge in [0.1, 0.15) is 5.75 Å². The third-order valence-corrected chi connectivity index (χ3v) is 2.92. The fourth-order valence-corrected chi connectivity index (χ4v) is 1.67. The highest BCUT2D eigenvalue weighted by atomic mass is 16.5.